The van der Waals surface area contributed by atoms with Crippen molar-refractivity contribution in [3.63, 3.8) is 0 Å². The average molecular weight is 331 g/mol. The number of rotatable bonds is 9. The predicted octanol–water partition coefficient (Wildman–Crippen LogP) is 3.77. The fourth-order valence-corrected chi connectivity index (χ4v) is 2.96. The Bertz CT molecular complexity index is 504. The molecular formula is C15H19ClO4S. The maximum Gasteiger partial charge on any atom is 0.341 e. The molecule has 0 bridgehead atoms. The van der Waals surface area contributed by atoms with E-state index in [1.54, 1.807) is 23.9 Å². The molecule has 21 heavy (non-hydrogen) atoms. The summed E-state index contributed by atoms with van der Waals surface area (Å²) in [4.78, 5) is 22.9. The van der Waals surface area contributed by atoms with Crippen LogP contribution in [0.4, 0.5) is 0 Å². The van der Waals surface area contributed by atoms with Crippen molar-refractivity contribution in [2.24, 2.45) is 5.92 Å². The topological polar surface area (TPSA) is 63.6 Å². The molecule has 0 saturated carbocycles. The molecule has 1 atom stereocenters. The molecule has 0 aliphatic rings. The van der Waals surface area contributed by atoms with Gasteiger partial charge in [0.25, 0.3) is 0 Å². The third-order valence-corrected chi connectivity index (χ3v) is 4.31. The number of carboxylic acid groups (broad SMARTS) is 1. The molecule has 6 heteroatoms. The fourth-order valence-electron chi connectivity index (χ4n) is 1.79. The lowest BCUT2D eigenvalue weighted by Gasteiger charge is -2.14. The number of halogens is 1. The molecule has 1 N–H and O–H groups in total. The normalized spacial score (nSPS) is 12.0. The Labute approximate surface area is 133 Å². The third-order valence-electron chi connectivity index (χ3n) is 2.96. The molecule has 0 saturated heterocycles. The second-order valence-corrected chi connectivity index (χ2v) is 6.18. The van der Waals surface area contributed by atoms with Crippen molar-refractivity contribution in [3.8, 4) is 5.75 Å². The van der Waals surface area contributed by atoms with E-state index in [1.807, 2.05) is 6.92 Å². The number of aliphatic carboxylic acids is 1. The first-order valence-corrected chi connectivity index (χ1v) is 8.28. The number of hydrogen-bond acceptors (Lipinski definition) is 4. The maximum absolute atomic E-state index is 12.4. The Balaban J connectivity index is 2.82. The summed E-state index contributed by atoms with van der Waals surface area (Å²) in [7, 11) is 0. The molecule has 0 radical (unpaired) electrons. The van der Waals surface area contributed by atoms with E-state index >= 15 is 0 Å². The van der Waals surface area contributed by atoms with E-state index in [0.717, 1.165) is 17.9 Å². The molecule has 0 aliphatic heterocycles. The van der Waals surface area contributed by atoms with Gasteiger partial charge >= 0.3 is 5.97 Å². The number of carboxylic acids is 1. The molecule has 1 aromatic carbocycles. The van der Waals surface area contributed by atoms with Crippen LogP contribution in [0.2, 0.25) is 5.02 Å². The highest BCUT2D eigenvalue weighted by Gasteiger charge is 2.20. The zero-order chi connectivity index (χ0) is 15.8. The fraction of sp³-hybridized carbons (Fsp3) is 0.467. The Morgan fingerprint density at radius 1 is 1.38 bits per heavy atom. The van der Waals surface area contributed by atoms with Crippen LogP contribution in [-0.4, -0.2) is 35.0 Å². The number of thioether (sulfide) groups is 1. The molecule has 0 aromatic heterocycles. The van der Waals surface area contributed by atoms with Crippen LogP contribution in [0, 0.1) is 5.92 Å². The smallest absolute Gasteiger partial charge is 0.341 e. The van der Waals surface area contributed by atoms with E-state index in [4.69, 9.17) is 21.4 Å². The Morgan fingerprint density at radius 2 is 2.10 bits per heavy atom. The van der Waals surface area contributed by atoms with Crippen LogP contribution in [0.3, 0.4) is 0 Å². The molecule has 0 aliphatic carbocycles. The minimum atomic E-state index is -1.06. The lowest BCUT2D eigenvalue weighted by molar-refractivity contribution is -0.139. The van der Waals surface area contributed by atoms with E-state index in [1.165, 1.54) is 6.07 Å². The SMILES string of the molecule is CCSCC(CC)C(=O)c1ccc(OCC(=O)O)cc1Cl. The van der Waals surface area contributed by atoms with Gasteiger partial charge in [-0.1, -0.05) is 25.4 Å². The largest absolute Gasteiger partial charge is 0.482 e. The van der Waals surface area contributed by atoms with Crippen molar-refractivity contribution in [1.82, 2.24) is 0 Å². The first kappa shape index (κ1) is 17.9. The van der Waals surface area contributed by atoms with Crippen LogP contribution in [0.25, 0.3) is 0 Å². The summed E-state index contributed by atoms with van der Waals surface area (Å²) in [6.07, 6.45) is 0.763. The van der Waals surface area contributed by atoms with Crippen LogP contribution < -0.4 is 4.74 Å². The number of carbonyl (C=O) groups is 2. The van der Waals surface area contributed by atoms with Crippen LogP contribution >= 0.6 is 23.4 Å². The summed E-state index contributed by atoms with van der Waals surface area (Å²) >= 11 is 7.85. The maximum atomic E-state index is 12.4. The molecule has 4 nitrogen and oxygen atoms in total. The van der Waals surface area contributed by atoms with Crippen LogP contribution in [0.1, 0.15) is 30.6 Å². The monoisotopic (exact) mass is 330 g/mol. The first-order chi connectivity index (χ1) is 9.99. The number of ether oxygens (including phenoxy) is 1. The van der Waals surface area contributed by atoms with E-state index in [9.17, 15) is 9.59 Å². The Morgan fingerprint density at radius 3 is 2.62 bits per heavy atom. The summed E-state index contributed by atoms with van der Waals surface area (Å²) in [6.45, 7) is 3.61. The minimum absolute atomic E-state index is 0.0215. The minimum Gasteiger partial charge on any atom is -0.482 e. The first-order valence-electron chi connectivity index (χ1n) is 6.75. The summed E-state index contributed by atoms with van der Waals surface area (Å²) in [5.41, 5.74) is 0.461. The highest BCUT2D eigenvalue weighted by molar-refractivity contribution is 7.99. The molecule has 116 valence electrons. The number of benzene rings is 1. The second kappa shape index (κ2) is 8.95. The van der Waals surface area contributed by atoms with Gasteiger partial charge in [-0.15, -0.1) is 0 Å². The van der Waals surface area contributed by atoms with Crippen LogP contribution in [0.15, 0.2) is 18.2 Å². The summed E-state index contributed by atoms with van der Waals surface area (Å²) < 4.78 is 5.04. The molecule has 0 spiro atoms. The zero-order valence-corrected chi connectivity index (χ0v) is 13.7. The molecule has 1 aromatic rings. The number of ketones is 1. The molecule has 0 fully saturated rings. The van der Waals surface area contributed by atoms with Crippen molar-refractivity contribution < 1.29 is 19.4 Å². The second-order valence-electron chi connectivity index (χ2n) is 4.45. The van der Waals surface area contributed by atoms with Crippen molar-refractivity contribution >= 4 is 35.1 Å². The lowest BCUT2D eigenvalue weighted by atomic mass is 9.97. The molecule has 1 rings (SSSR count). The molecule has 1 unspecified atom stereocenters. The van der Waals surface area contributed by atoms with Crippen molar-refractivity contribution in [1.29, 1.82) is 0 Å². The lowest BCUT2D eigenvalue weighted by Crippen LogP contribution is -2.17. The zero-order valence-electron chi connectivity index (χ0n) is 12.1. The highest BCUT2D eigenvalue weighted by atomic mass is 35.5. The van der Waals surface area contributed by atoms with Gasteiger partial charge in [-0.3, -0.25) is 4.79 Å². The number of Topliss-reactive ketones (excluding diaryl/α,β-unsaturated/α-hetero) is 1. The molecule has 0 heterocycles. The quantitative estimate of drug-likeness (QED) is 0.698. The summed E-state index contributed by atoms with van der Waals surface area (Å²) in [5.74, 6) is 0.995. The van der Waals surface area contributed by atoms with E-state index in [2.05, 4.69) is 6.92 Å². The van der Waals surface area contributed by atoms with Gasteiger partial charge in [0.2, 0.25) is 0 Å². The van der Waals surface area contributed by atoms with Gasteiger partial charge in [0.15, 0.2) is 12.4 Å². The Hall–Kier alpha value is -1.20. The summed E-state index contributed by atoms with van der Waals surface area (Å²) in [5, 5.41) is 8.85. The number of carbonyl (C=O) groups excluding carboxylic acids is 1. The van der Waals surface area contributed by atoms with Crippen LogP contribution in [-0.2, 0) is 4.79 Å². The van der Waals surface area contributed by atoms with Gasteiger partial charge in [0.05, 0.1) is 5.02 Å². The third kappa shape index (κ3) is 5.59. The van der Waals surface area contributed by atoms with Crippen molar-refractivity contribution in [2.45, 2.75) is 20.3 Å². The number of hydrogen-bond donors (Lipinski definition) is 1. The van der Waals surface area contributed by atoms with E-state index in [0.29, 0.717) is 16.3 Å². The predicted molar refractivity (Wildman–Crippen MR) is 85.7 cm³/mol. The molecular weight excluding hydrogens is 312 g/mol. The highest BCUT2D eigenvalue weighted by Crippen LogP contribution is 2.27. The standard InChI is InChI=1S/C15H19ClO4S/c1-3-10(9-21-4-2)15(19)12-6-5-11(7-13(12)16)20-8-14(17)18/h5-7,10H,3-4,8-9H2,1-2H3,(H,17,18). The van der Waals surface area contributed by atoms with Gasteiger partial charge < -0.3 is 9.84 Å². The van der Waals surface area contributed by atoms with Crippen molar-refractivity contribution in [3.05, 3.63) is 28.8 Å². The van der Waals surface area contributed by atoms with Gasteiger partial charge in [-0.2, -0.15) is 11.8 Å². The van der Waals surface area contributed by atoms with Gasteiger partial charge in [0, 0.05) is 17.2 Å². The van der Waals surface area contributed by atoms with Crippen molar-refractivity contribution in [2.75, 3.05) is 18.1 Å². The van der Waals surface area contributed by atoms with Crippen LogP contribution in [0.5, 0.6) is 5.75 Å². The molecule has 0 amide bonds. The summed E-state index contributed by atoms with van der Waals surface area (Å²) in [6, 6.07) is 4.65. The van der Waals surface area contributed by atoms with Gasteiger partial charge in [-0.05, 0) is 30.4 Å². The van der Waals surface area contributed by atoms with E-state index in [-0.39, 0.29) is 11.7 Å². The van der Waals surface area contributed by atoms with E-state index < -0.39 is 12.6 Å². The Kier molecular flexibility index (Phi) is 7.61. The average Bonchev–Trinajstić information content (AvgIpc) is 2.45. The van der Waals surface area contributed by atoms with Gasteiger partial charge in [0.1, 0.15) is 5.75 Å². The van der Waals surface area contributed by atoms with Gasteiger partial charge in [-0.25, -0.2) is 4.79 Å².